The third-order valence-corrected chi connectivity index (χ3v) is 3.88. The van der Waals surface area contributed by atoms with Gasteiger partial charge in [0.15, 0.2) is 0 Å². The zero-order valence-corrected chi connectivity index (χ0v) is 13.0. The molecular weight excluding hydrogens is 268 g/mol. The average Bonchev–Trinajstić information content (AvgIpc) is 2.83. The van der Waals surface area contributed by atoms with E-state index in [1.165, 1.54) is 16.9 Å². The Morgan fingerprint density at radius 1 is 1.30 bits per heavy atom. The molecule has 4 heteroatoms. The summed E-state index contributed by atoms with van der Waals surface area (Å²) in [6, 6.07) is 10.3. The summed E-state index contributed by atoms with van der Waals surface area (Å²) in [7, 11) is 0. The summed E-state index contributed by atoms with van der Waals surface area (Å²) in [4.78, 5) is 16.2. The van der Waals surface area contributed by atoms with Gasteiger partial charge in [0.1, 0.15) is 5.69 Å². The van der Waals surface area contributed by atoms with Crippen LogP contribution in [0.3, 0.4) is 0 Å². The van der Waals surface area contributed by atoms with E-state index in [9.17, 15) is 4.79 Å². The Labute approximate surface area is 124 Å². The molecule has 0 fully saturated rings. The van der Waals surface area contributed by atoms with Gasteiger partial charge in [-0.1, -0.05) is 44.2 Å². The lowest BCUT2D eigenvalue weighted by Crippen LogP contribution is -2.35. The first-order valence-electron chi connectivity index (χ1n) is 6.70. The fourth-order valence-electron chi connectivity index (χ4n) is 2.09. The standard InChI is InChI=1S/C16H20N2OS/c1-12-18-14(10-20-12)15(19)17-11-16(2,3)9-13-7-5-4-6-8-13/h4-8,10H,9,11H2,1-3H3,(H,17,19). The number of benzene rings is 1. The van der Waals surface area contributed by atoms with Crippen molar-refractivity contribution in [2.75, 3.05) is 6.54 Å². The predicted octanol–water partition coefficient (Wildman–Crippen LogP) is 3.45. The number of thiazole rings is 1. The van der Waals surface area contributed by atoms with Crippen molar-refractivity contribution in [3.63, 3.8) is 0 Å². The van der Waals surface area contributed by atoms with Crippen molar-refractivity contribution in [1.29, 1.82) is 0 Å². The molecule has 3 nitrogen and oxygen atoms in total. The van der Waals surface area contributed by atoms with Crippen molar-refractivity contribution in [3.8, 4) is 0 Å². The highest BCUT2D eigenvalue weighted by Crippen LogP contribution is 2.21. The van der Waals surface area contributed by atoms with Crippen LogP contribution < -0.4 is 5.32 Å². The Bertz CT molecular complexity index is 575. The summed E-state index contributed by atoms with van der Waals surface area (Å²) in [6.45, 7) is 6.86. The van der Waals surface area contributed by atoms with E-state index in [0.717, 1.165) is 11.4 Å². The first-order valence-corrected chi connectivity index (χ1v) is 7.58. The number of aromatic nitrogens is 1. The van der Waals surface area contributed by atoms with Crippen LogP contribution in [0.2, 0.25) is 0 Å². The van der Waals surface area contributed by atoms with Crippen molar-refractivity contribution in [3.05, 3.63) is 52.0 Å². The molecule has 0 saturated heterocycles. The van der Waals surface area contributed by atoms with Gasteiger partial charge >= 0.3 is 0 Å². The van der Waals surface area contributed by atoms with Gasteiger partial charge in [0, 0.05) is 11.9 Å². The Morgan fingerprint density at radius 3 is 2.60 bits per heavy atom. The molecule has 1 aromatic carbocycles. The molecule has 2 aromatic rings. The molecule has 106 valence electrons. The van der Waals surface area contributed by atoms with Crippen LogP contribution in [0, 0.1) is 12.3 Å². The second-order valence-corrected chi connectivity index (χ2v) is 6.82. The predicted molar refractivity (Wildman–Crippen MR) is 83.1 cm³/mol. The second-order valence-electron chi connectivity index (χ2n) is 5.76. The number of hydrogen-bond acceptors (Lipinski definition) is 3. The van der Waals surface area contributed by atoms with Crippen LogP contribution >= 0.6 is 11.3 Å². The molecule has 1 heterocycles. The van der Waals surface area contributed by atoms with Gasteiger partial charge in [0.05, 0.1) is 5.01 Å². The number of rotatable bonds is 5. The summed E-state index contributed by atoms with van der Waals surface area (Å²) in [5, 5.41) is 5.69. The van der Waals surface area contributed by atoms with E-state index in [4.69, 9.17) is 0 Å². The van der Waals surface area contributed by atoms with Gasteiger partial charge in [-0.15, -0.1) is 11.3 Å². The van der Waals surface area contributed by atoms with Crippen LogP contribution in [-0.2, 0) is 6.42 Å². The molecule has 0 radical (unpaired) electrons. The van der Waals surface area contributed by atoms with Crippen molar-refractivity contribution >= 4 is 17.2 Å². The minimum absolute atomic E-state index is 0.0160. The van der Waals surface area contributed by atoms with E-state index in [1.54, 1.807) is 5.38 Å². The Balaban J connectivity index is 1.90. The Hall–Kier alpha value is -1.68. The largest absolute Gasteiger partial charge is 0.350 e. The fraction of sp³-hybridized carbons (Fsp3) is 0.375. The van der Waals surface area contributed by atoms with Crippen molar-refractivity contribution in [1.82, 2.24) is 10.3 Å². The molecule has 1 N–H and O–H groups in total. The van der Waals surface area contributed by atoms with Crippen molar-refractivity contribution in [2.24, 2.45) is 5.41 Å². The third-order valence-electron chi connectivity index (χ3n) is 3.10. The van der Waals surface area contributed by atoms with E-state index < -0.39 is 0 Å². The molecule has 0 aliphatic heterocycles. The highest BCUT2D eigenvalue weighted by molar-refractivity contribution is 7.09. The Kier molecular flexibility index (Phi) is 4.55. The van der Waals surface area contributed by atoms with Gasteiger partial charge in [0.25, 0.3) is 5.91 Å². The minimum Gasteiger partial charge on any atom is -0.350 e. The first kappa shape index (κ1) is 14.7. The summed E-state index contributed by atoms with van der Waals surface area (Å²) in [6.07, 6.45) is 0.935. The maximum atomic E-state index is 12.0. The van der Waals surface area contributed by atoms with E-state index >= 15 is 0 Å². The van der Waals surface area contributed by atoms with E-state index in [1.807, 2.05) is 25.1 Å². The van der Waals surface area contributed by atoms with Crippen molar-refractivity contribution in [2.45, 2.75) is 27.2 Å². The molecule has 0 bridgehead atoms. The van der Waals surface area contributed by atoms with Gasteiger partial charge in [0.2, 0.25) is 0 Å². The lowest BCUT2D eigenvalue weighted by molar-refractivity contribution is 0.0932. The summed E-state index contributed by atoms with van der Waals surface area (Å²) < 4.78 is 0. The number of carbonyl (C=O) groups excluding carboxylic acids is 1. The molecule has 2 rings (SSSR count). The number of nitrogens with one attached hydrogen (secondary N) is 1. The average molecular weight is 288 g/mol. The van der Waals surface area contributed by atoms with Crippen LogP contribution in [0.1, 0.15) is 34.9 Å². The maximum Gasteiger partial charge on any atom is 0.270 e. The summed E-state index contributed by atoms with van der Waals surface area (Å²) in [5.74, 6) is -0.0875. The van der Waals surface area contributed by atoms with Gasteiger partial charge < -0.3 is 5.32 Å². The quantitative estimate of drug-likeness (QED) is 0.915. The zero-order chi connectivity index (χ0) is 14.6. The molecule has 0 spiro atoms. The highest BCUT2D eigenvalue weighted by atomic mass is 32.1. The Morgan fingerprint density at radius 2 is 2.00 bits per heavy atom. The van der Waals surface area contributed by atoms with Crippen LogP contribution in [0.15, 0.2) is 35.7 Å². The minimum atomic E-state index is -0.0875. The third kappa shape index (κ3) is 4.17. The van der Waals surface area contributed by atoms with Crippen LogP contribution in [-0.4, -0.2) is 17.4 Å². The topological polar surface area (TPSA) is 42.0 Å². The lowest BCUT2D eigenvalue weighted by atomic mass is 9.85. The molecule has 0 saturated carbocycles. The molecule has 1 aromatic heterocycles. The lowest BCUT2D eigenvalue weighted by Gasteiger charge is -2.25. The molecule has 0 atom stereocenters. The van der Waals surface area contributed by atoms with Crippen molar-refractivity contribution < 1.29 is 4.79 Å². The highest BCUT2D eigenvalue weighted by Gasteiger charge is 2.20. The molecule has 0 unspecified atom stereocenters. The molecule has 20 heavy (non-hydrogen) atoms. The van der Waals surface area contributed by atoms with Gasteiger partial charge in [-0.25, -0.2) is 4.98 Å². The zero-order valence-electron chi connectivity index (χ0n) is 12.1. The number of hydrogen-bond donors (Lipinski definition) is 1. The monoisotopic (exact) mass is 288 g/mol. The number of nitrogens with zero attached hydrogens (tertiary/aromatic N) is 1. The second kappa shape index (κ2) is 6.18. The molecular formula is C16H20N2OS. The molecule has 1 amide bonds. The van der Waals surface area contributed by atoms with Crippen LogP contribution in [0.25, 0.3) is 0 Å². The van der Waals surface area contributed by atoms with E-state index in [2.05, 4.69) is 36.3 Å². The first-order chi connectivity index (χ1) is 9.46. The van der Waals surface area contributed by atoms with E-state index in [0.29, 0.717) is 12.2 Å². The van der Waals surface area contributed by atoms with Gasteiger partial charge in [-0.05, 0) is 24.3 Å². The fourth-order valence-corrected chi connectivity index (χ4v) is 2.68. The number of amides is 1. The smallest absolute Gasteiger partial charge is 0.270 e. The van der Waals surface area contributed by atoms with Crippen LogP contribution in [0.5, 0.6) is 0 Å². The normalized spacial score (nSPS) is 11.3. The number of carbonyl (C=O) groups is 1. The summed E-state index contributed by atoms with van der Waals surface area (Å²) in [5.41, 5.74) is 1.82. The molecule has 0 aliphatic carbocycles. The van der Waals surface area contributed by atoms with E-state index in [-0.39, 0.29) is 11.3 Å². The SMILES string of the molecule is Cc1nc(C(=O)NCC(C)(C)Cc2ccccc2)cs1. The molecule has 0 aliphatic rings. The van der Waals surface area contributed by atoms with Gasteiger partial charge in [-0.2, -0.15) is 0 Å². The maximum absolute atomic E-state index is 12.0. The van der Waals surface area contributed by atoms with Crippen LogP contribution in [0.4, 0.5) is 0 Å². The number of aryl methyl sites for hydroxylation is 1. The van der Waals surface area contributed by atoms with Gasteiger partial charge in [-0.3, -0.25) is 4.79 Å². The summed E-state index contributed by atoms with van der Waals surface area (Å²) >= 11 is 1.50.